The Morgan fingerprint density at radius 3 is 2.38 bits per heavy atom. The van der Waals surface area contributed by atoms with E-state index < -0.39 is 27.8 Å². The predicted octanol–water partition coefficient (Wildman–Crippen LogP) is 2.81. The summed E-state index contributed by atoms with van der Waals surface area (Å²) in [7, 11) is 0. The minimum absolute atomic E-state index is 0.100. The number of benzene rings is 1. The van der Waals surface area contributed by atoms with E-state index >= 15 is 0 Å². The number of cyclic esters (lactones) is 1. The van der Waals surface area contributed by atoms with Gasteiger partial charge < -0.3 is 4.74 Å². The van der Waals surface area contributed by atoms with Crippen molar-refractivity contribution in [3.63, 3.8) is 0 Å². The van der Waals surface area contributed by atoms with Crippen LogP contribution in [0.5, 0.6) is 0 Å². The van der Waals surface area contributed by atoms with Gasteiger partial charge in [-0.25, -0.2) is 0 Å². The molecule has 0 radical (unpaired) electrons. The molecule has 1 aromatic carbocycles. The van der Waals surface area contributed by atoms with Crippen LogP contribution in [0.3, 0.4) is 0 Å². The largest absolute Gasteiger partial charge is 0.456 e. The molecule has 1 aliphatic rings. The van der Waals surface area contributed by atoms with Crippen LogP contribution in [0.4, 0.5) is 5.69 Å². The molecule has 1 aromatic rings. The minimum atomic E-state index is -1.21. The van der Waals surface area contributed by atoms with Crippen molar-refractivity contribution in [2.75, 3.05) is 0 Å². The lowest BCUT2D eigenvalue weighted by Gasteiger charge is -2.43. The fraction of sp³-hybridized carbons (Fsp3) is 0.467. The van der Waals surface area contributed by atoms with E-state index in [1.165, 1.54) is 32.0 Å². The summed E-state index contributed by atoms with van der Waals surface area (Å²) < 4.78 is 5.43. The molecule has 1 heterocycles. The van der Waals surface area contributed by atoms with Gasteiger partial charge in [0.25, 0.3) is 5.69 Å². The Bertz CT molecular complexity index is 633. The van der Waals surface area contributed by atoms with Gasteiger partial charge in [-0.2, -0.15) is 0 Å². The second-order valence-corrected chi connectivity index (χ2v) is 6.31. The Labute approximate surface area is 122 Å². The number of hydrogen-bond donors (Lipinski definition) is 0. The van der Waals surface area contributed by atoms with Crippen LogP contribution in [0.15, 0.2) is 24.3 Å². The SMILES string of the molecule is CC1(C)C(=O)O[C@@H](c2cccc([N+](=O)[O-])c2)C(C)(C)C1=O. The van der Waals surface area contributed by atoms with E-state index in [9.17, 15) is 19.7 Å². The van der Waals surface area contributed by atoms with E-state index in [1.54, 1.807) is 19.9 Å². The third kappa shape index (κ3) is 2.30. The molecule has 112 valence electrons. The standard InChI is InChI=1S/C15H17NO5/c1-14(2)11(21-13(18)15(3,4)12(14)17)9-6-5-7-10(8-9)16(19)20/h5-8,11H,1-4H3/t11-/m0/s1. The van der Waals surface area contributed by atoms with Crippen molar-refractivity contribution >= 4 is 17.4 Å². The molecule has 21 heavy (non-hydrogen) atoms. The first-order valence-corrected chi connectivity index (χ1v) is 6.59. The van der Waals surface area contributed by atoms with Crippen LogP contribution < -0.4 is 0 Å². The van der Waals surface area contributed by atoms with Gasteiger partial charge in [-0.15, -0.1) is 0 Å². The number of nitro groups is 1. The van der Waals surface area contributed by atoms with Gasteiger partial charge in [0.15, 0.2) is 5.78 Å². The second kappa shape index (κ2) is 4.65. The molecule has 6 nitrogen and oxygen atoms in total. The molecule has 1 fully saturated rings. The third-order valence-electron chi connectivity index (χ3n) is 3.93. The Morgan fingerprint density at radius 2 is 1.81 bits per heavy atom. The van der Waals surface area contributed by atoms with Crippen LogP contribution in [0, 0.1) is 20.9 Å². The number of carbonyl (C=O) groups is 2. The highest BCUT2D eigenvalue weighted by Crippen LogP contribution is 2.47. The number of ether oxygens (including phenoxy) is 1. The van der Waals surface area contributed by atoms with E-state index in [-0.39, 0.29) is 11.5 Å². The number of nitro benzene ring substituents is 1. The molecule has 1 saturated heterocycles. The quantitative estimate of drug-likeness (QED) is 0.362. The summed E-state index contributed by atoms with van der Waals surface area (Å²) in [5.41, 5.74) is -1.81. The third-order valence-corrected chi connectivity index (χ3v) is 3.93. The van der Waals surface area contributed by atoms with Gasteiger partial charge in [0.1, 0.15) is 11.5 Å². The minimum Gasteiger partial charge on any atom is -0.456 e. The number of carbonyl (C=O) groups excluding carboxylic acids is 2. The molecular weight excluding hydrogens is 274 g/mol. The first-order valence-electron chi connectivity index (χ1n) is 6.59. The van der Waals surface area contributed by atoms with Crippen LogP contribution in [-0.4, -0.2) is 16.7 Å². The molecule has 2 rings (SSSR count). The number of nitrogens with zero attached hydrogens (tertiary/aromatic N) is 1. The number of non-ortho nitro benzene ring substituents is 1. The highest BCUT2D eigenvalue weighted by molar-refractivity contribution is 6.07. The fourth-order valence-corrected chi connectivity index (χ4v) is 2.71. The van der Waals surface area contributed by atoms with Crippen LogP contribution in [-0.2, 0) is 14.3 Å². The van der Waals surface area contributed by atoms with E-state index in [4.69, 9.17) is 4.74 Å². The highest BCUT2D eigenvalue weighted by Gasteiger charge is 2.55. The number of hydrogen-bond acceptors (Lipinski definition) is 5. The smallest absolute Gasteiger partial charge is 0.319 e. The fourth-order valence-electron chi connectivity index (χ4n) is 2.71. The molecule has 0 N–H and O–H groups in total. The van der Waals surface area contributed by atoms with Crippen molar-refractivity contribution in [2.24, 2.45) is 10.8 Å². The number of rotatable bonds is 2. The van der Waals surface area contributed by atoms with E-state index in [0.29, 0.717) is 5.56 Å². The van der Waals surface area contributed by atoms with E-state index in [2.05, 4.69) is 0 Å². The summed E-state index contributed by atoms with van der Waals surface area (Å²) in [6.07, 6.45) is -0.828. The van der Waals surface area contributed by atoms with Gasteiger partial charge in [0, 0.05) is 17.7 Å². The summed E-state index contributed by atoms with van der Waals surface area (Å²) in [6, 6.07) is 5.83. The summed E-state index contributed by atoms with van der Waals surface area (Å²) in [5.74, 6) is -0.842. The van der Waals surface area contributed by atoms with Crippen LogP contribution >= 0.6 is 0 Å². The summed E-state index contributed by atoms with van der Waals surface area (Å²) >= 11 is 0. The first kappa shape index (κ1) is 15.2. The average Bonchev–Trinajstić information content (AvgIpc) is 2.42. The van der Waals surface area contributed by atoms with Gasteiger partial charge in [0.05, 0.1) is 10.3 Å². The zero-order valence-corrected chi connectivity index (χ0v) is 12.4. The second-order valence-electron chi connectivity index (χ2n) is 6.31. The maximum Gasteiger partial charge on any atom is 0.319 e. The molecule has 1 atom stereocenters. The summed E-state index contributed by atoms with van der Waals surface area (Å²) in [6.45, 7) is 6.44. The first-order chi connectivity index (χ1) is 9.58. The van der Waals surface area contributed by atoms with Gasteiger partial charge in [0.2, 0.25) is 0 Å². The predicted molar refractivity (Wildman–Crippen MR) is 74.5 cm³/mol. The highest BCUT2D eigenvalue weighted by atomic mass is 16.6. The van der Waals surface area contributed by atoms with E-state index in [0.717, 1.165) is 0 Å². The lowest BCUT2D eigenvalue weighted by atomic mass is 9.67. The number of esters is 1. The monoisotopic (exact) mass is 291 g/mol. The molecule has 0 aromatic heterocycles. The van der Waals surface area contributed by atoms with Crippen LogP contribution in [0.1, 0.15) is 39.4 Å². The zero-order chi connectivity index (χ0) is 16.0. The Hall–Kier alpha value is -2.24. The Kier molecular flexibility index (Phi) is 3.35. The molecule has 0 amide bonds. The van der Waals surface area contributed by atoms with Crippen molar-refractivity contribution in [3.8, 4) is 0 Å². The van der Waals surface area contributed by atoms with Crippen molar-refractivity contribution in [3.05, 3.63) is 39.9 Å². The van der Waals surface area contributed by atoms with Crippen molar-refractivity contribution in [1.29, 1.82) is 0 Å². The van der Waals surface area contributed by atoms with Gasteiger partial charge in [-0.1, -0.05) is 12.1 Å². The molecule has 0 bridgehead atoms. The van der Waals surface area contributed by atoms with E-state index in [1.807, 2.05) is 0 Å². The molecule has 1 aliphatic heterocycles. The lowest BCUT2D eigenvalue weighted by molar-refractivity contribution is -0.385. The van der Waals surface area contributed by atoms with Gasteiger partial charge in [-0.05, 0) is 27.7 Å². The maximum absolute atomic E-state index is 12.5. The Morgan fingerprint density at radius 1 is 1.19 bits per heavy atom. The van der Waals surface area contributed by atoms with Crippen molar-refractivity contribution < 1.29 is 19.2 Å². The maximum atomic E-state index is 12.5. The van der Waals surface area contributed by atoms with Crippen molar-refractivity contribution in [1.82, 2.24) is 0 Å². The molecule has 0 aliphatic carbocycles. The zero-order valence-electron chi connectivity index (χ0n) is 12.4. The van der Waals surface area contributed by atoms with Crippen LogP contribution in [0.2, 0.25) is 0 Å². The summed E-state index contributed by atoms with van der Waals surface area (Å²) in [5, 5.41) is 10.9. The van der Waals surface area contributed by atoms with Crippen LogP contribution in [0.25, 0.3) is 0 Å². The average molecular weight is 291 g/mol. The molecule has 0 unspecified atom stereocenters. The van der Waals surface area contributed by atoms with Crippen molar-refractivity contribution in [2.45, 2.75) is 33.8 Å². The van der Waals surface area contributed by atoms with Gasteiger partial charge in [-0.3, -0.25) is 19.7 Å². The lowest BCUT2D eigenvalue weighted by Crippen LogP contribution is -2.52. The Balaban J connectivity index is 2.49. The molecule has 6 heteroatoms. The normalized spacial score (nSPS) is 23.5. The topological polar surface area (TPSA) is 86.5 Å². The number of ketones is 1. The molecule has 0 saturated carbocycles. The molecular formula is C15H17NO5. The number of Topliss-reactive ketones (excluding diaryl/α,β-unsaturated/α-hetero) is 1. The van der Waals surface area contributed by atoms with Gasteiger partial charge >= 0.3 is 5.97 Å². The molecule has 0 spiro atoms. The summed E-state index contributed by atoms with van der Waals surface area (Å²) in [4.78, 5) is 34.9.